The van der Waals surface area contributed by atoms with Gasteiger partial charge >= 0.3 is 0 Å². The summed E-state index contributed by atoms with van der Waals surface area (Å²) in [5.41, 5.74) is 1.34. The maximum absolute atomic E-state index is 5.34. The third-order valence-electron chi connectivity index (χ3n) is 2.77. The van der Waals surface area contributed by atoms with Crippen molar-refractivity contribution in [3.05, 3.63) is 26.6 Å². The van der Waals surface area contributed by atoms with Gasteiger partial charge in [-0.3, -0.25) is 0 Å². The Morgan fingerprint density at radius 1 is 1.18 bits per heavy atom. The van der Waals surface area contributed by atoms with Crippen LogP contribution in [-0.4, -0.2) is 18.6 Å². The van der Waals surface area contributed by atoms with Gasteiger partial charge in [-0.1, -0.05) is 0 Å². The fraction of sp³-hybridized carbons (Fsp3) is 0.500. The van der Waals surface area contributed by atoms with Crippen molar-refractivity contribution in [3.63, 3.8) is 0 Å². The molecule has 0 N–H and O–H groups in total. The predicted molar refractivity (Wildman–Crippen MR) is 85.3 cm³/mol. The van der Waals surface area contributed by atoms with Crippen molar-refractivity contribution >= 4 is 55.4 Å². The Morgan fingerprint density at radius 2 is 1.71 bits per heavy atom. The van der Waals surface area contributed by atoms with Crippen molar-refractivity contribution in [1.82, 2.24) is 0 Å². The Hall–Kier alpha value is 0.680. The first-order valence-corrected chi connectivity index (χ1v) is 8.94. The van der Waals surface area contributed by atoms with Crippen LogP contribution in [0.4, 0.5) is 0 Å². The summed E-state index contributed by atoms with van der Waals surface area (Å²) in [4.78, 5) is 0. The van der Waals surface area contributed by atoms with E-state index in [-0.39, 0.29) is 4.08 Å². The molecule has 0 spiro atoms. The maximum atomic E-state index is 5.34. The van der Waals surface area contributed by atoms with Crippen LogP contribution in [0.25, 0.3) is 0 Å². The molecule has 0 radical (unpaired) electrons. The molecule has 0 bridgehead atoms. The van der Waals surface area contributed by atoms with E-state index in [1.54, 1.807) is 7.11 Å². The first-order chi connectivity index (χ1) is 8.07. The first-order valence-electron chi connectivity index (χ1n) is 5.38. The molecule has 1 aromatic rings. The molecule has 5 heteroatoms. The van der Waals surface area contributed by atoms with E-state index in [9.17, 15) is 0 Å². The van der Waals surface area contributed by atoms with Gasteiger partial charge in [0.15, 0.2) is 0 Å². The highest BCUT2D eigenvalue weighted by Gasteiger charge is 2.31. The van der Waals surface area contributed by atoms with Crippen molar-refractivity contribution in [2.24, 2.45) is 0 Å². The third kappa shape index (κ3) is 2.99. The van der Waals surface area contributed by atoms with Crippen LogP contribution in [0.1, 0.15) is 18.9 Å². The van der Waals surface area contributed by atoms with Crippen LogP contribution in [0.2, 0.25) is 0 Å². The van der Waals surface area contributed by atoms with E-state index in [0.717, 1.165) is 14.7 Å². The van der Waals surface area contributed by atoms with Crippen LogP contribution in [0.3, 0.4) is 0 Å². The molecule has 1 aromatic carbocycles. The SMILES string of the molecule is COc1c(Br)cc(C2(C)SCCCS2)cc1Br. The van der Waals surface area contributed by atoms with Crippen molar-refractivity contribution in [1.29, 1.82) is 0 Å². The van der Waals surface area contributed by atoms with Crippen LogP contribution in [0.15, 0.2) is 21.1 Å². The van der Waals surface area contributed by atoms with E-state index >= 15 is 0 Å². The lowest BCUT2D eigenvalue weighted by atomic mass is 10.1. The zero-order valence-electron chi connectivity index (χ0n) is 9.76. The Labute approximate surface area is 128 Å². The fourth-order valence-corrected chi connectivity index (χ4v) is 6.27. The lowest BCUT2D eigenvalue weighted by Crippen LogP contribution is -2.18. The van der Waals surface area contributed by atoms with Crippen molar-refractivity contribution in [2.75, 3.05) is 18.6 Å². The van der Waals surface area contributed by atoms with Gasteiger partial charge in [0.25, 0.3) is 0 Å². The Bertz CT molecular complexity index is 394. The molecule has 1 aliphatic heterocycles. The van der Waals surface area contributed by atoms with Gasteiger partial charge in [-0.05, 0) is 74.4 Å². The standard InChI is InChI=1S/C12H14Br2OS2/c1-12(16-4-3-5-17-12)8-6-9(13)11(15-2)10(14)7-8/h6-7H,3-5H2,1-2H3. The molecule has 0 saturated carbocycles. The Kier molecular flexibility index (Phi) is 4.78. The largest absolute Gasteiger partial charge is 0.494 e. The number of hydrogen-bond donors (Lipinski definition) is 0. The van der Waals surface area contributed by atoms with Gasteiger partial charge in [0, 0.05) is 0 Å². The van der Waals surface area contributed by atoms with E-state index in [1.807, 2.05) is 23.5 Å². The molecule has 0 amide bonds. The predicted octanol–water partition coefficient (Wildman–Crippen LogP) is 5.26. The van der Waals surface area contributed by atoms with Gasteiger partial charge in [0.2, 0.25) is 0 Å². The molecule has 1 aliphatic rings. The molecule has 1 saturated heterocycles. The molecule has 0 aliphatic carbocycles. The molecular formula is C12H14Br2OS2. The minimum Gasteiger partial charge on any atom is -0.494 e. The summed E-state index contributed by atoms with van der Waals surface area (Å²) in [6, 6.07) is 4.35. The van der Waals surface area contributed by atoms with Crippen LogP contribution in [0, 0.1) is 0 Å². The lowest BCUT2D eigenvalue weighted by Gasteiger charge is -2.33. The summed E-state index contributed by atoms with van der Waals surface area (Å²) in [5.74, 6) is 3.35. The minimum atomic E-state index is 0.162. The van der Waals surface area contributed by atoms with Gasteiger partial charge in [-0.25, -0.2) is 0 Å². The molecule has 1 fully saturated rings. The highest BCUT2D eigenvalue weighted by atomic mass is 79.9. The number of rotatable bonds is 2. The normalized spacial score (nSPS) is 19.1. The molecule has 17 heavy (non-hydrogen) atoms. The summed E-state index contributed by atoms with van der Waals surface area (Å²) in [6.07, 6.45) is 1.31. The number of benzene rings is 1. The van der Waals surface area contributed by atoms with Crippen LogP contribution in [-0.2, 0) is 4.08 Å². The zero-order valence-corrected chi connectivity index (χ0v) is 14.6. The van der Waals surface area contributed by atoms with E-state index in [2.05, 4.69) is 50.9 Å². The number of hydrogen-bond acceptors (Lipinski definition) is 3. The second kappa shape index (κ2) is 5.76. The molecule has 0 aromatic heterocycles. The van der Waals surface area contributed by atoms with Gasteiger partial charge < -0.3 is 4.74 Å². The molecule has 94 valence electrons. The van der Waals surface area contributed by atoms with Crippen LogP contribution < -0.4 is 4.74 Å². The van der Waals surface area contributed by atoms with Crippen molar-refractivity contribution in [2.45, 2.75) is 17.4 Å². The average molecular weight is 398 g/mol. The summed E-state index contributed by atoms with van der Waals surface area (Å²) in [6.45, 7) is 2.31. The highest BCUT2D eigenvalue weighted by Crippen LogP contribution is 2.51. The molecule has 0 atom stereocenters. The fourth-order valence-electron chi connectivity index (χ4n) is 1.82. The van der Waals surface area contributed by atoms with Crippen LogP contribution in [0.5, 0.6) is 5.75 Å². The Balaban J connectivity index is 2.39. The number of thioether (sulfide) groups is 2. The first kappa shape index (κ1) is 14.1. The minimum absolute atomic E-state index is 0.162. The van der Waals surface area contributed by atoms with Crippen molar-refractivity contribution in [3.8, 4) is 5.75 Å². The average Bonchev–Trinajstić information content (AvgIpc) is 2.29. The van der Waals surface area contributed by atoms with Gasteiger partial charge in [-0.2, -0.15) is 0 Å². The highest BCUT2D eigenvalue weighted by molar-refractivity contribution is 9.11. The summed E-state index contributed by atoms with van der Waals surface area (Å²) in [7, 11) is 1.69. The van der Waals surface area contributed by atoms with Crippen molar-refractivity contribution < 1.29 is 4.74 Å². The maximum Gasteiger partial charge on any atom is 0.147 e. The quantitative estimate of drug-likeness (QED) is 0.673. The molecular weight excluding hydrogens is 384 g/mol. The smallest absolute Gasteiger partial charge is 0.147 e. The number of methoxy groups -OCH3 is 1. The summed E-state index contributed by atoms with van der Waals surface area (Å²) >= 11 is 11.2. The second-order valence-electron chi connectivity index (χ2n) is 3.97. The molecule has 0 unspecified atom stereocenters. The second-order valence-corrected chi connectivity index (χ2v) is 8.96. The molecule has 2 rings (SSSR count). The van der Waals surface area contributed by atoms with E-state index < -0.39 is 0 Å². The summed E-state index contributed by atoms with van der Waals surface area (Å²) < 4.78 is 7.53. The summed E-state index contributed by atoms with van der Waals surface area (Å²) in [5, 5.41) is 0. The third-order valence-corrected chi connectivity index (χ3v) is 7.21. The van der Waals surface area contributed by atoms with Gasteiger partial charge in [0.05, 0.1) is 20.1 Å². The van der Waals surface area contributed by atoms with Crippen LogP contribution >= 0.6 is 55.4 Å². The molecule has 1 heterocycles. The van der Waals surface area contributed by atoms with E-state index in [4.69, 9.17) is 4.74 Å². The Morgan fingerprint density at radius 3 is 2.18 bits per heavy atom. The van der Waals surface area contributed by atoms with E-state index in [1.165, 1.54) is 23.5 Å². The molecule has 1 nitrogen and oxygen atoms in total. The van der Waals surface area contributed by atoms with E-state index in [0.29, 0.717) is 0 Å². The topological polar surface area (TPSA) is 9.23 Å². The van der Waals surface area contributed by atoms with Gasteiger partial charge in [0.1, 0.15) is 5.75 Å². The lowest BCUT2D eigenvalue weighted by molar-refractivity contribution is 0.409. The number of halogens is 2. The number of ether oxygens (including phenoxy) is 1. The van der Waals surface area contributed by atoms with Gasteiger partial charge in [-0.15, -0.1) is 23.5 Å². The monoisotopic (exact) mass is 396 g/mol. The zero-order chi connectivity index (χ0) is 12.5.